The Labute approximate surface area is 253 Å². The highest BCUT2D eigenvalue weighted by Gasteiger charge is 2.19. The van der Waals surface area contributed by atoms with E-state index in [0.29, 0.717) is 22.5 Å². The Morgan fingerprint density at radius 1 is 1.10 bits per heavy atom. The van der Waals surface area contributed by atoms with Crippen LogP contribution in [0.3, 0.4) is 0 Å². The van der Waals surface area contributed by atoms with Crippen LogP contribution in [0.15, 0.2) is 58.4 Å². The molecule has 0 aliphatic rings. The third-order valence-electron chi connectivity index (χ3n) is 6.18. The normalized spacial score (nSPS) is 12.3. The standard InChI is InChI=1S/C29H27I2N3O5/c1-15(2)20-13-21(16(3)10-25(20)38-5)27-33-24-9-7-6-8-19(24)28(35)34(27)32-14-18-11-22(30)26(23(31)12-18)39-17(4)29(36)37/h6-15,17H,1-5H3,(H,36,37)/t17-/m1/s1. The maximum Gasteiger partial charge on any atom is 0.344 e. The molecule has 202 valence electrons. The summed E-state index contributed by atoms with van der Waals surface area (Å²) in [5.41, 5.74) is 3.72. The Kier molecular flexibility index (Phi) is 8.94. The van der Waals surface area contributed by atoms with Crippen molar-refractivity contribution in [1.82, 2.24) is 9.66 Å². The van der Waals surface area contributed by atoms with Gasteiger partial charge in [0.2, 0.25) is 0 Å². The first-order valence-electron chi connectivity index (χ1n) is 12.1. The van der Waals surface area contributed by atoms with Gasteiger partial charge in [-0.2, -0.15) is 9.78 Å². The van der Waals surface area contributed by atoms with E-state index < -0.39 is 12.1 Å². The molecule has 4 rings (SSSR count). The van der Waals surface area contributed by atoms with E-state index >= 15 is 0 Å². The monoisotopic (exact) mass is 751 g/mol. The summed E-state index contributed by atoms with van der Waals surface area (Å²) >= 11 is 4.20. The van der Waals surface area contributed by atoms with E-state index in [1.807, 2.05) is 43.3 Å². The average molecular weight is 751 g/mol. The number of aromatic nitrogens is 2. The number of carboxylic acids is 1. The molecule has 0 saturated heterocycles. The second kappa shape index (κ2) is 12.0. The zero-order chi connectivity index (χ0) is 28.4. The van der Waals surface area contributed by atoms with E-state index in [1.54, 1.807) is 25.5 Å². The summed E-state index contributed by atoms with van der Waals surface area (Å²) in [6.45, 7) is 7.61. The smallest absolute Gasteiger partial charge is 0.344 e. The number of nitrogens with zero attached hydrogens (tertiary/aromatic N) is 3. The van der Waals surface area contributed by atoms with Gasteiger partial charge < -0.3 is 14.6 Å². The average Bonchev–Trinajstić information content (AvgIpc) is 2.89. The van der Waals surface area contributed by atoms with Crippen LogP contribution in [-0.4, -0.2) is 40.2 Å². The molecule has 0 amide bonds. The third-order valence-corrected chi connectivity index (χ3v) is 7.78. The molecule has 1 N–H and O–H groups in total. The molecule has 0 radical (unpaired) electrons. The summed E-state index contributed by atoms with van der Waals surface area (Å²) < 4.78 is 14.0. The van der Waals surface area contributed by atoms with Crippen molar-refractivity contribution in [3.8, 4) is 22.9 Å². The first kappa shape index (κ1) is 29.0. The number of aliphatic carboxylic acids is 1. The summed E-state index contributed by atoms with van der Waals surface area (Å²) in [7, 11) is 1.65. The van der Waals surface area contributed by atoms with Gasteiger partial charge in [-0.1, -0.05) is 26.0 Å². The van der Waals surface area contributed by atoms with Gasteiger partial charge in [0.05, 0.1) is 31.4 Å². The molecular formula is C29H27I2N3O5. The maximum atomic E-state index is 13.7. The molecule has 1 atom stereocenters. The van der Waals surface area contributed by atoms with E-state index in [4.69, 9.17) is 14.5 Å². The number of fused-ring (bicyclic) bond motifs is 1. The quantitative estimate of drug-likeness (QED) is 0.164. The van der Waals surface area contributed by atoms with Crippen LogP contribution < -0.4 is 15.0 Å². The molecule has 0 aliphatic carbocycles. The molecule has 0 spiro atoms. The minimum Gasteiger partial charge on any atom is -0.496 e. The SMILES string of the molecule is COc1cc(C)c(-c2nc3ccccc3c(=O)n2N=Cc2cc(I)c(O[C@H](C)C(=O)O)c(I)c2)cc1C(C)C. The van der Waals surface area contributed by atoms with Crippen LogP contribution >= 0.6 is 45.2 Å². The zero-order valence-electron chi connectivity index (χ0n) is 22.0. The van der Waals surface area contributed by atoms with Crippen LogP contribution in [0.25, 0.3) is 22.3 Å². The third kappa shape index (κ3) is 6.11. The number of ether oxygens (including phenoxy) is 2. The minimum atomic E-state index is -1.04. The fourth-order valence-electron chi connectivity index (χ4n) is 4.09. The van der Waals surface area contributed by atoms with E-state index in [1.165, 1.54) is 11.6 Å². The lowest BCUT2D eigenvalue weighted by molar-refractivity contribution is -0.144. The summed E-state index contributed by atoms with van der Waals surface area (Å²) in [6, 6.07) is 14.8. The lowest BCUT2D eigenvalue weighted by Gasteiger charge is -2.17. The fourth-order valence-corrected chi connectivity index (χ4v) is 6.16. The van der Waals surface area contributed by atoms with E-state index in [-0.39, 0.29) is 11.5 Å². The Hall–Kier alpha value is -3.00. The highest BCUT2D eigenvalue weighted by Crippen LogP contribution is 2.34. The topological polar surface area (TPSA) is 103 Å². The summed E-state index contributed by atoms with van der Waals surface area (Å²) in [5.74, 6) is 0.850. The molecule has 4 aromatic rings. The zero-order valence-corrected chi connectivity index (χ0v) is 26.3. The number of rotatable bonds is 8. The Morgan fingerprint density at radius 3 is 2.38 bits per heavy atom. The Bertz CT molecular complexity index is 1640. The molecule has 8 nitrogen and oxygen atoms in total. The molecule has 1 heterocycles. The number of carbonyl (C=O) groups is 1. The largest absolute Gasteiger partial charge is 0.496 e. The van der Waals surface area contributed by atoms with Gasteiger partial charge in [-0.25, -0.2) is 9.78 Å². The minimum absolute atomic E-state index is 0.192. The molecular weight excluding hydrogens is 724 g/mol. The second-order valence-corrected chi connectivity index (χ2v) is 11.6. The van der Waals surface area contributed by atoms with Crippen LogP contribution in [0.1, 0.15) is 43.4 Å². The second-order valence-electron chi connectivity index (χ2n) is 9.29. The predicted octanol–water partition coefficient (Wildman–Crippen LogP) is 6.45. The van der Waals surface area contributed by atoms with Gasteiger partial charge in [0, 0.05) is 5.56 Å². The molecule has 1 aromatic heterocycles. The van der Waals surface area contributed by atoms with E-state index in [9.17, 15) is 14.7 Å². The van der Waals surface area contributed by atoms with Crippen molar-refractivity contribution in [2.24, 2.45) is 5.10 Å². The first-order valence-corrected chi connectivity index (χ1v) is 14.3. The van der Waals surface area contributed by atoms with Crippen molar-refractivity contribution in [3.05, 3.63) is 82.7 Å². The van der Waals surface area contributed by atoms with E-state index in [0.717, 1.165) is 35.1 Å². The van der Waals surface area contributed by atoms with Gasteiger partial charge in [-0.15, -0.1) is 0 Å². The molecule has 0 saturated carbocycles. The van der Waals surface area contributed by atoms with Crippen molar-refractivity contribution in [2.75, 3.05) is 7.11 Å². The van der Waals surface area contributed by atoms with Crippen molar-refractivity contribution in [2.45, 2.75) is 39.7 Å². The molecule has 39 heavy (non-hydrogen) atoms. The van der Waals surface area contributed by atoms with Gasteiger partial charge in [-0.05, 0) is 118 Å². The summed E-state index contributed by atoms with van der Waals surface area (Å²) in [6.07, 6.45) is 0.609. The Morgan fingerprint density at radius 2 is 1.77 bits per heavy atom. The van der Waals surface area contributed by atoms with Crippen molar-refractivity contribution in [1.29, 1.82) is 0 Å². The number of methoxy groups -OCH3 is 1. The molecule has 0 aliphatic heterocycles. The van der Waals surface area contributed by atoms with Crippen LogP contribution in [-0.2, 0) is 4.79 Å². The van der Waals surface area contributed by atoms with Crippen LogP contribution in [0.2, 0.25) is 0 Å². The number of hydrogen-bond donors (Lipinski definition) is 1. The predicted molar refractivity (Wildman–Crippen MR) is 169 cm³/mol. The van der Waals surface area contributed by atoms with Crippen LogP contribution in [0, 0.1) is 14.1 Å². The van der Waals surface area contributed by atoms with Crippen LogP contribution in [0.4, 0.5) is 0 Å². The van der Waals surface area contributed by atoms with Gasteiger partial charge in [0.15, 0.2) is 11.9 Å². The van der Waals surface area contributed by atoms with Gasteiger partial charge in [-0.3, -0.25) is 4.79 Å². The molecule has 10 heteroatoms. The highest BCUT2D eigenvalue weighted by atomic mass is 127. The summed E-state index contributed by atoms with van der Waals surface area (Å²) in [5, 5.41) is 14.3. The van der Waals surface area contributed by atoms with Crippen molar-refractivity contribution >= 4 is 68.3 Å². The first-order chi connectivity index (χ1) is 18.5. The van der Waals surface area contributed by atoms with Crippen molar-refractivity contribution < 1.29 is 19.4 Å². The molecule has 0 bridgehead atoms. The number of benzene rings is 3. The van der Waals surface area contributed by atoms with Crippen LogP contribution in [0.5, 0.6) is 11.5 Å². The van der Waals surface area contributed by atoms with E-state index in [2.05, 4.69) is 64.1 Å². The Balaban J connectivity index is 1.88. The number of halogens is 2. The fraction of sp³-hybridized carbons (Fsp3) is 0.241. The number of carboxylic acid groups (broad SMARTS) is 1. The lowest BCUT2D eigenvalue weighted by atomic mass is 9.96. The van der Waals surface area contributed by atoms with Gasteiger partial charge in [0.25, 0.3) is 5.56 Å². The number of para-hydroxylation sites is 1. The number of aryl methyl sites for hydroxylation is 1. The maximum absolute atomic E-state index is 13.7. The van der Waals surface area contributed by atoms with Gasteiger partial charge >= 0.3 is 5.97 Å². The molecule has 0 unspecified atom stereocenters. The highest BCUT2D eigenvalue weighted by molar-refractivity contribution is 14.1. The molecule has 3 aromatic carbocycles. The number of hydrogen-bond acceptors (Lipinski definition) is 6. The van der Waals surface area contributed by atoms with Crippen molar-refractivity contribution in [3.63, 3.8) is 0 Å². The summed E-state index contributed by atoms with van der Waals surface area (Å²) in [4.78, 5) is 29.8. The molecule has 0 fully saturated rings. The lowest BCUT2D eigenvalue weighted by Crippen LogP contribution is -2.23. The van der Waals surface area contributed by atoms with Gasteiger partial charge in [0.1, 0.15) is 11.5 Å².